The van der Waals surface area contributed by atoms with Crippen molar-refractivity contribution in [1.29, 1.82) is 0 Å². The highest BCUT2D eigenvalue weighted by Crippen LogP contribution is 2.32. The lowest BCUT2D eigenvalue weighted by Crippen LogP contribution is -2.44. The fourth-order valence-electron chi connectivity index (χ4n) is 4.68. The number of hydrogen-bond donors (Lipinski definition) is 2. The first kappa shape index (κ1) is 28.7. The molecule has 1 saturated heterocycles. The predicted octanol–water partition coefficient (Wildman–Crippen LogP) is 2.57. The van der Waals surface area contributed by atoms with Gasteiger partial charge in [0.15, 0.2) is 0 Å². The maximum atomic E-state index is 13.7. The van der Waals surface area contributed by atoms with Gasteiger partial charge >= 0.3 is 6.61 Å². The third-order valence-electron chi connectivity index (χ3n) is 6.69. The van der Waals surface area contributed by atoms with Crippen LogP contribution in [0.4, 0.5) is 14.5 Å². The number of methoxy groups -OCH3 is 2. The molecule has 40 heavy (non-hydrogen) atoms. The van der Waals surface area contributed by atoms with Gasteiger partial charge in [-0.2, -0.15) is 8.78 Å². The highest BCUT2D eigenvalue weighted by Gasteiger charge is 2.43. The van der Waals surface area contributed by atoms with Crippen LogP contribution in [0.3, 0.4) is 0 Å². The van der Waals surface area contributed by atoms with E-state index in [2.05, 4.69) is 10.1 Å². The molecule has 1 aliphatic heterocycles. The van der Waals surface area contributed by atoms with Gasteiger partial charge in [-0.25, -0.2) is 0 Å². The third kappa shape index (κ3) is 6.13. The van der Waals surface area contributed by atoms with Gasteiger partial charge in [-0.3, -0.25) is 14.4 Å². The van der Waals surface area contributed by atoms with Gasteiger partial charge in [0.25, 0.3) is 11.5 Å². The molecular weight excluding hydrogens is 528 g/mol. The average Bonchev–Trinajstić information content (AvgIpc) is 3.27. The Morgan fingerprint density at radius 2 is 1.73 bits per heavy atom. The summed E-state index contributed by atoms with van der Waals surface area (Å²) in [5.41, 5.74) is 0.452. The zero-order valence-electron chi connectivity index (χ0n) is 21.8. The molecule has 1 fully saturated rings. The zero-order valence-corrected chi connectivity index (χ0v) is 21.8. The van der Waals surface area contributed by atoms with E-state index in [1.165, 1.54) is 60.2 Å². The van der Waals surface area contributed by atoms with Crippen molar-refractivity contribution >= 4 is 17.5 Å². The normalized spacial score (nSPS) is 17.6. The first-order valence-corrected chi connectivity index (χ1v) is 12.4. The summed E-state index contributed by atoms with van der Waals surface area (Å²) in [5.74, 6) is -1.15. The second-order valence-corrected chi connectivity index (χ2v) is 9.08. The number of nitrogens with zero attached hydrogens (tertiary/aromatic N) is 2. The van der Waals surface area contributed by atoms with E-state index in [1.54, 1.807) is 30.3 Å². The molecule has 3 atom stereocenters. The molecule has 2 heterocycles. The predicted molar refractivity (Wildman–Crippen MR) is 141 cm³/mol. The molecule has 1 aliphatic rings. The Bertz CT molecular complexity index is 1380. The van der Waals surface area contributed by atoms with Gasteiger partial charge < -0.3 is 34.1 Å². The molecular formula is C28H29F2N3O7. The van der Waals surface area contributed by atoms with Crippen LogP contribution in [0.2, 0.25) is 0 Å². The molecule has 10 nitrogen and oxygen atoms in total. The summed E-state index contributed by atoms with van der Waals surface area (Å²) in [5, 5.41) is 12.5. The molecule has 4 rings (SSSR count). The minimum Gasteiger partial charge on any atom is -0.497 e. The van der Waals surface area contributed by atoms with Crippen LogP contribution in [0.1, 0.15) is 27.9 Å². The molecule has 0 saturated carbocycles. The van der Waals surface area contributed by atoms with E-state index >= 15 is 0 Å². The van der Waals surface area contributed by atoms with E-state index in [0.29, 0.717) is 5.75 Å². The number of nitrogens with one attached hydrogen (secondary N) is 1. The molecule has 1 aromatic heterocycles. The lowest BCUT2D eigenvalue weighted by molar-refractivity contribution is -0.118. The molecule has 1 unspecified atom stereocenters. The van der Waals surface area contributed by atoms with E-state index in [-0.39, 0.29) is 36.8 Å². The Hall–Kier alpha value is -4.29. The Labute approximate surface area is 228 Å². The number of aliphatic hydroxyl groups excluding tert-OH is 1. The fraction of sp³-hybridized carbons (Fsp3) is 0.321. The van der Waals surface area contributed by atoms with Crippen LogP contribution in [-0.2, 0) is 9.53 Å². The summed E-state index contributed by atoms with van der Waals surface area (Å²) in [7, 11) is 2.98. The number of aromatic nitrogens is 1. The topological polar surface area (TPSA) is 119 Å². The van der Waals surface area contributed by atoms with E-state index in [4.69, 9.17) is 9.47 Å². The number of alkyl halides is 2. The number of rotatable bonds is 11. The molecule has 0 bridgehead atoms. The van der Waals surface area contributed by atoms with E-state index in [9.17, 15) is 28.3 Å². The summed E-state index contributed by atoms with van der Waals surface area (Å²) in [6, 6.07) is 13.5. The van der Waals surface area contributed by atoms with Crippen molar-refractivity contribution in [3.05, 3.63) is 88.3 Å². The van der Waals surface area contributed by atoms with Crippen LogP contribution in [0.5, 0.6) is 11.5 Å². The summed E-state index contributed by atoms with van der Waals surface area (Å²) in [4.78, 5) is 41.6. The molecule has 2 amide bonds. The Morgan fingerprint density at radius 1 is 1.05 bits per heavy atom. The van der Waals surface area contributed by atoms with Crippen LogP contribution >= 0.6 is 0 Å². The number of carbonyl (C=O) groups is 2. The first-order valence-electron chi connectivity index (χ1n) is 12.4. The van der Waals surface area contributed by atoms with Crippen molar-refractivity contribution in [3.8, 4) is 11.5 Å². The number of halogens is 2. The quantitative estimate of drug-likeness (QED) is 0.372. The number of hydrogen-bond acceptors (Lipinski definition) is 7. The molecule has 0 radical (unpaired) electrons. The standard InChI is InChI=1S/C28H29F2N3O7/c1-38-16-19(15-34)32-13-3-4-23(26(32)36)33-14-22(17-5-9-20(39-2)10-6-17)24(27(33)37)31-25(35)18-7-11-21(12-8-18)40-28(29)30/h3-13,19,22,24,28,34H,14-16H2,1-2H3,(H,31,35)/t19?,22-,24-/m0/s1. The number of ether oxygens (including phenoxy) is 3. The van der Waals surface area contributed by atoms with Crippen LogP contribution < -0.4 is 25.2 Å². The maximum absolute atomic E-state index is 13.7. The van der Waals surface area contributed by atoms with Gasteiger partial charge in [0.2, 0.25) is 5.91 Å². The summed E-state index contributed by atoms with van der Waals surface area (Å²) in [6.07, 6.45) is 1.51. The lowest BCUT2D eigenvalue weighted by atomic mass is 9.93. The maximum Gasteiger partial charge on any atom is 0.387 e. The van der Waals surface area contributed by atoms with E-state index in [1.807, 2.05) is 0 Å². The Morgan fingerprint density at radius 3 is 2.33 bits per heavy atom. The van der Waals surface area contributed by atoms with Crippen molar-refractivity contribution in [1.82, 2.24) is 9.88 Å². The molecule has 2 aromatic carbocycles. The number of amides is 2. The summed E-state index contributed by atoms with van der Waals surface area (Å²) in [6.45, 7) is -3.18. The number of carbonyl (C=O) groups excluding carboxylic acids is 2. The van der Waals surface area contributed by atoms with Crippen LogP contribution in [0.25, 0.3) is 0 Å². The fourth-order valence-corrected chi connectivity index (χ4v) is 4.68. The minimum absolute atomic E-state index is 0.0854. The zero-order chi connectivity index (χ0) is 28.8. The van der Waals surface area contributed by atoms with Crippen molar-refractivity contribution < 1.29 is 37.7 Å². The van der Waals surface area contributed by atoms with Gasteiger partial charge in [-0.1, -0.05) is 12.1 Å². The van der Waals surface area contributed by atoms with Crippen LogP contribution in [0.15, 0.2) is 71.7 Å². The third-order valence-corrected chi connectivity index (χ3v) is 6.69. The second-order valence-electron chi connectivity index (χ2n) is 9.08. The van der Waals surface area contributed by atoms with Crippen molar-refractivity contribution in [2.75, 3.05) is 38.9 Å². The van der Waals surface area contributed by atoms with Gasteiger partial charge in [0.1, 0.15) is 23.2 Å². The number of anilines is 1. The number of benzene rings is 2. The first-order chi connectivity index (χ1) is 19.3. The summed E-state index contributed by atoms with van der Waals surface area (Å²) < 4.78 is 40.9. The lowest BCUT2D eigenvalue weighted by Gasteiger charge is -2.21. The van der Waals surface area contributed by atoms with Gasteiger partial charge in [0.05, 0.1) is 26.4 Å². The molecule has 0 spiro atoms. The van der Waals surface area contributed by atoms with Crippen molar-refractivity contribution in [3.63, 3.8) is 0 Å². The van der Waals surface area contributed by atoms with Gasteiger partial charge in [-0.05, 0) is 54.1 Å². The van der Waals surface area contributed by atoms with Gasteiger partial charge in [0, 0.05) is 31.3 Å². The van der Waals surface area contributed by atoms with E-state index in [0.717, 1.165) is 5.56 Å². The highest BCUT2D eigenvalue weighted by molar-refractivity contribution is 6.05. The van der Waals surface area contributed by atoms with Crippen molar-refractivity contribution in [2.24, 2.45) is 0 Å². The second kappa shape index (κ2) is 12.7. The Balaban J connectivity index is 1.66. The molecule has 2 N–H and O–H groups in total. The number of pyridine rings is 1. The highest BCUT2D eigenvalue weighted by atomic mass is 19.3. The van der Waals surface area contributed by atoms with Gasteiger partial charge in [-0.15, -0.1) is 0 Å². The summed E-state index contributed by atoms with van der Waals surface area (Å²) >= 11 is 0. The smallest absolute Gasteiger partial charge is 0.387 e. The van der Waals surface area contributed by atoms with Crippen molar-refractivity contribution in [2.45, 2.75) is 24.6 Å². The van der Waals surface area contributed by atoms with Crippen LogP contribution in [0, 0.1) is 0 Å². The molecule has 212 valence electrons. The number of aliphatic hydroxyl groups is 1. The molecule has 0 aliphatic carbocycles. The molecule has 3 aromatic rings. The monoisotopic (exact) mass is 557 g/mol. The molecule has 12 heteroatoms. The van der Waals surface area contributed by atoms with Crippen LogP contribution in [-0.4, -0.2) is 68.1 Å². The Kier molecular flexibility index (Phi) is 9.12. The SMILES string of the molecule is COCC(CO)n1cccc(N2C[C@@H](c3ccc(OC)cc3)[C@H](NC(=O)c3ccc(OC(F)F)cc3)C2=O)c1=O. The van der Waals surface area contributed by atoms with E-state index < -0.39 is 42.0 Å². The average molecular weight is 558 g/mol. The minimum atomic E-state index is -3.00. The largest absolute Gasteiger partial charge is 0.497 e.